The molecule has 2 N–H and O–H groups in total. The highest BCUT2D eigenvalue weighted by Gasteiger charge is 2.14. The number of methoxy groups -OCH3 is 2. The Bertz CT molecular complexity index is 1080. The largest absolute Gasteiger partial charge is 0.497 e. The number of aromatic amines is 1. The van der Waals surface area contributed by atoms with Crippen LogP contribution in [0.3, 0.4) is 0 Å². The Morgan fingerprint density at radius 3 is 2.73 bits per heavy atom. The van der Waals surface area contributed by atoms with Crippen LogP contribution in [0, 0.1) is 0 Å². The van der Waals surface area contributed by atoms with Crippen LogP contribution in [0.25, 0.3) is 21.9 Å². The third-order valence-corrected chi connectivity index (χ3v) is 4.43. The summed E-state index contributed by atoms with van der Waals surface area (Å²) in [4.78, 5) is 16.2. The summed E-state index contributed by atoms with van der Waals surface area (Å²) in [5.74, 6) is 2.07. The fraction of sp³-hybridized carbons (Fsp3) is 0.211. The highest BCUT2D eigenvalue weighted by Crippen LogP contribution is 2.34. The van der Waals surface area contributed by atoms with Gasteiger partial charge in [0.15, 0.2) is 0 Å². The fourth-order valence-corrected chi connectivity index (χ4v) is 3.01. The second-order valence-corrected chi connectivity index (χ2v) is 5.99. The molecule has 0 saturated carbocycles. The first-order valence-corrected chi connectivity index (χ1v) is 8.26. The van der Waals surface area contributed by atoms with Crippen molar-refractivity contribution in [3.63, 3.8) is 0 Å². The molecule has 2 aromatic carbocycles. The number of H-pyrrole nitrogens is 1. The van der Waals surface area contributed by atoms with Gasteiger partial charge in [-0.05, 0) is 30.7 Å². The molecule has 0 spiro atoms. The van der Waals surface area contributed by atoms with Gasteiger partial charge in [-0.25, -0.2) is 15.0 Å². The number of hydrogen-bond acceptors (Lipinski definition) is 6. The molecule has 0 aliphatic heterocycles. The number of nitrogens with zero attached hydrogens (tertiary/aromatic N) is 3. The van der Waals surface area contributed by atoms with E-state index in [0.29, 0.717) is 11.5 Å². The summed E-state index contributed by atoms with van der Waals surface area (Å²) in [6.45, 7) is 2.09. The third kappa shape index (κ3) is 2.77. The molecule has 0 radical (unpaired) electrons. The maximum absolute atomic E-state index is 5.44. The Balaban J connectivity index is 1.73. The average molecular weight is 349 g/mol. The van der Waals surface area contributed by atoms with Crippen LogP contribution >= 0.6 is 0 Å². The van der Waals surface area contributed by atoms with Gasteiger partial charge in [0.05, 0.1) is 43.0 Å². The zero-order valence-corrected chi connectivity index (χ0v) is 14.8. The first kappa shape index (κ1) is 16.1. The van der Waals surface area contributed by atoms with E-state index >= 15 is 0 Å². The summed E-state index contributed by atoms with van der Waals surface area (Å²) in [7, 11) is 3.24. The van der Waals surface area contributed by atoms with E-state index in [4.69, 9.17) is 9.47 Å². The van der Waals surface area contributed by atoms with E-state index in [2.05, 4.69) is 44.3 Å². The van der Waals surface area contributed by atoms with E-state index in [1.54, 1.807) is 20.5 Å². The molecule has 0 fully saturated rings. The summed E-state index contributed by atoms with van der Waals surface area (Å²) < 4.78 is 10.8. The molecule has 7 nitrogen and oxygen atoms in total. The molecule has 0 aliphatic carbocycles. The molecule has 0 amide bonds. The van der Waals surface area contributed by atoms with Crippen molar-refractivity contribution < 1.29 is 9.47 Å². The van der Waals surface area contributed by atoms with Gasteiger partial charge in [-0.1, -0.05) is 6.07 Å². The van der Waals surface area contributed by atoms with Crippen LogP contribution in [0.5, 0.6) is 11.5 Å². The second-order valence-electron chi connectivity index (χ2n) is 5.99. The molecule has 0 saturated heterocycles. The molecule has 0 bridgehead atoms. The number of hydrogen-bond donors (Lipinski definition) is 2. The number of rotatable bonds is 5. The molecule has 4 aromatic rings. The lowest BCUT2D eigenvalue weighted by Crippen LogP contribution is -2.09. The number of imidazole rings is 1. The van der Waals surface area contributed by atoms with E-state index in [0.717, 1.165) is 33.3 Å². The summed E-state index contributed by atoms with van der Waals surface area (Å²) in [5, 5.41) is 4.31. The minimum atomic E-state index is 0.0398. The number of aromatic nitrogens is 4. The predicted octanol–water partition coefficient (Wildman–Crippen LogP) is 3.70. The van der Waals surface area contributed by atoms with Gasteiger partial charge in [0.2, 0.25) is 0 Å². The lowest BCUT2D eigenvalue weighted by atomic mass is 10.1. The van der Waals surface area contributed by atoms with Crippen molar-refractivity contribution in [2.24, 2.45) is 0 Å². The van der Waals surface area contributed by atoms with Crippen LogP contribution in [0.2, 0.25) is 0 Å². The van der Waals surface area contributed by atoms with Crippen molar-refractivity contribution in [3.05, 3.63) is 48.5 Å². The van der Waals surface area contributed by atoms with Crippen LogP contribution in [0.4, 0.5) is 5.82 Å². The zero-order chi connectivity index (χ0) is 18.1. The molecule has 2 aromatic heterocycles. The molecule has 26 heavy (non-hydrogen) atoms. The maximum Gasteiger partial charge on any atom is 0.148 e. The Morgan fingerprint density at radius 1 is 1.04 bits per heavy atom. The Kier molecular flexibility index (Phi) is 4.04. The van der Waals surface area contributed by atoms with Crippen LogP contribution in [-0.2, 0) is 0 Å². The standard InChI is InChI=1S/C19H19N5O2/c1-11(12-4-5-15-16(6-12)21-9-20-15)24-19-14-7-13(25-2)8-17(26-3)18(14)22-10-23-19/h4-11H,1-3H3,(H,20,21)(H,22,23,24). The molecule has 7 heteroatoms. The predicted molar refractivity (Wildman–Crippen MR) is 101 cm³/mol. The van der Waals surface area contributed by atoms with E-state index < -0.39 is 0 Å². The summed E-state index contributed by atoms with van der Waals surface area (Å²) in [6, 6.07) is 9.91. The van der Waals surface area contributed by atoms with E-state index in [1.807, 2.05) is 18.2 Å². The van der Waals surface area contributed by atoms with Crippen molar-refractivity contribution in [2.45, 2.75) is 13.0 Å². The van der Waals surface area contributed by atoms with Crippen molar-refractivity contribution in [2.75, 3.05) is 19.5 Å². The third-order valence-electron chi connectivity index (χ3n) is 4.43. The normalized spacial score (nSPS) is 12.3. The highest BCUT2D eigenvalue weighted by atomic mass is 16.5. The van der Waals surface area contributed by atoms with Crippen LogP contribution < -0.4 is 14.8 Å². The maximum atomic E-state index is 5.44. The van der Waals surface area contributed by atoms with Gasteiger partial charge >= 0.3 is 0 Å². The van der Waals surface area contributed by atoms with Gasteiger partial charge in [-0.15, -0.1) is 0 Å². The lowest BCUT2D eigenvalue weighted by molar-refractivity contribution is 0.397. The molecule has 1 atom stereocenters. The minimum absolute atomic E-state index is 0.0398. The number of fused-ring (bicyclic) bond motifs is 2. The lowest BCUT2D eigenvalue weighted by Gasteiger charge is -2.17. The summed E-state index contributed by atoms with van der Waals surface area (Å²) in [6.07, 6.45) is 3.23. The molecule has 0 aliphatic rings. The minimum Gasteiger partial charge on any atom is -0.497 e. The van der Waals surface area contributed by atoms with E-state index in [-0.39, 0.29) is 6.04 Å². The van der Waals surface area contributed by atoms with Gasteiger partial charge in [-0.2, -0.15) is 0 Å². The fourth-order valence-electron chi connectivity index (χ4n) is 3.01. The van der Waals surface area contributed by atoms with Gasteiger partial charge in [-0.3, -0.25) is 0 Å². The van der Waals surface area contributed by atoms with E-state index in [1.165, 1.54) is 6.33 Å². The summed E-state index contributed by atoms with van der Waals surface area (Å²) >= 11 is 0. The van der Waals surface area contributed by atoms with Crippen molar-refractivity contribution in [3.8, 4) is 11.5 Å². The second kappa shape index (κ2) is 6.51. The first-order chi connectivity index (χ1) is 12.7. The zero-order valence-electron chi connectivity index (χ0n) is 14.8. The smallest absolute Gasteiger partial charge is 0.148 e. The van der Waals surface area contributed by atoms with Crippen molar-refractivity contribution in [1.29, 1.82) is 0 Å². The SMILES string of the molecule is COc1cc(OC)c2ncnc(NC(C)c3ccc4nc[nH]c4c3)c2c1. The van der Waals surface area contributed by atoms with Gasteiger partial charge < -0.3 is 19.8 Å². The quantitative estimate of drug-likeness (QED) is 0.571. The average Bonchev–Trinajstić information content (AvgIpc) is 3.15. The topological polar surface area (TPSA) is 84.9 Å². The number of benzene rings is 2. The number of anilines is 1. The Labute approximate surface area is 150 Å². The molecular formula is C19H19N5O2. The first-order valence-electron chi connectivity index (χ1n) is 8.26. The van der Waals surface area contributed by atoms with Gasteiger partial charge in [0.1, 0.15) is 29.2 Å². The van der Waals surface area contributed by atoms with E-state index in [9.17, 15) is 0 Å². The Morgan fingerprint density at radius 2 is 1.92 bits per heavy atom. The van der Waals surface area contributed by atoms with Crippen LogP contribution in [0.1, 0.15) is 18.5 Å². The van der Waals surface area contributed by atoms with Gasteiger partial charge in [0, 0.05) is 6.07 Å². The van der Waals surface area contributed by atoms with Crippen molar-refractivity contribution >= 4 is 27.8 Å². The highest BCUT2D eigenvalue weighted by molar-refractivity contribution is 5.94. The number of ether oxygens (including phenoxy) is 2. The number of nitrogens with one attached hydrogen (secondary N) is 2. The molecule has 2 heterocycles. The molecule has 1 unspecified atom stereocenters. The Hall–Kier alpha value is -3.35. The van der Waals surface area contributed by atoms with Gasteiger partial charge in [0.25, 0.3) is 0 Å². The molecule has 4 rings (SSSR count). The van der Waals surface area contributed by atoms with Crippen molar-refractivity contribution in [1.82, 2.24) is 19.9 Å². The molecule has 132 valence electrons. The molecular weight excluding hydrogens is 330 g/mol. The van der Waals surface area contributed by atoms with Crippen LogP contribution in [-0.4, -0.2) is 34.2 Å². The monoisotopic (exact) mass is 349 g/mol. The summed E-state index contributed by atoms with van der Waals surface area (Å²) in [5.41, 5.74) is 3.82. The van der Waals surface area contributed by atoms with Crippen LogP contribution in [0.15, 0.2) is 43.0 Å².